The molecule has 4 nitrogen and oxygen atoms in total. The first-order chi connectivity index (χ1) is 14.1. The Kier molecular flexibility index (Phi) is 5.10. The number of ether oxygens (including phenoxy) is 1. The molecule has 2 aromatic carbocycles. The third-order valence-electron chi connectivity index (χ3n) is 5.82. The molecule has 0 bridgehead atoms. The Morgan fingerprint density at radius 1 is 1.10 bits per heavy atom. The lowest BCUT2D eigenvalue weighted by molar-refractivity contribution is -0.118. The number of amides is 1. The van der Waals surface area contributed by atoms with Gasteiger partial charge >= 0.3 is 0 Å². The van der Waals surface area contributed by atoms with Crippen molar-refractivity contribution in [1.82, 2.24) is 4.98 Å². The molecule has 1 amide bonds. The summed E-state index contributed by atoms with van der Waals surface area (Å²) in [6.45, 7) is 4.20. The Bertz CT molecular complexity index is 1050. The first-order valence-corrected chi connectivity index (χ1v) is 10.1. The molecule has 29 heavy (non-hydrogen) atoms. The summed E-state index contributed by atoms with van der Waals surface area (Å²) in [5, 5.41) is 3.07. The van der Waals surface area contributed by atoms with Crippen LogP contribution in [0.25, 0.3) is 11.3 Å². The highest BCUT2D eigenvalue weighted by Crippen LogP contribution is 2.49. The van der Waals surface area contributed by atoms with Gasteiger partial charge in [0.25, 0.3) is 0 Å². The van der Waals surface area contributed by atoms with Crippen LogP contribution in [0.5, 0.6) is 5.75 Å². The first-order valence-electron chi connectivity index (χ1n) is 10.1. The molecule has 152 valence electrons. The average molecular weight is 391 g/mol. The molecular weight excluding hydrogens is 360 g/mol. The van der Waals surface area contributed by atoms with Crippen molar-refractivity contribution in [2.75, 3.05) is 12.4 Å². The van der Waals surface area contributed by atoms with Crippen LogP contribution in [-0.2, 0) is 16.6 Å². The molecule has 3 aromatic rings. The van der Waals surface area contributed by atoms with Gasteiger partial charge in [-0.3, -0.25) is 4.79 Å². The number of carbonyl (C=O) groups is 1. The van der Waals surface area contributed by atoms with Gasteiger partial charge in [-0.05, 0) is 61.1 Å². The average Bonchev–Trinajstić information content (AvgIpc) is 3.57. The number of pyridine rings is 1. The molecule has 1 fully saturated rings. The molecule has 0 aliphatic heterocycles. The number of nitrogens with one attached hydrogen (secondary N) is 1. The van der Waals surface area contributed by atoms with Gasteiger partial charge in [0.15, 0.2) is 0 Å². The summed E-state index contributed by atoms with van der Waals surface area (Å²) in [6, 6.07) is 20.0. The van der Waals surface area contributed by atoms with Crippen molar-refractivity contribution < 1.29 is 12.4 Å². The van der Waals surface area contributed by atoms with E-state index in [1.807, 2.05) is 42.5 Å². The summed E-state index contributed by atoms with van der Waals surface area (Å²) in [6.07, 6.45) is 2.64. The molecule has 0 saturated heterocycles. The highest BCUT2D eigenvalue weighted by atomic mass is 16.5. The van der Waals surface area contributed by atoms with E-state index in [0.717, 1.165) is 47.4 Å². The predicted octanol–water partition coefficient (Wildman–Crippen LogP) is 5.79. The highest BCUT2D eigenvalue weighted by Gasteiger charge is 2.51. The summed E-state index contributed by atoms with van der Waals surface area (Å²) >= 11 is 0. The number of rotatable bonds is 6. The minimum atomic E-state index is -0.458. The summed E-state index contributed by atoms with van der Waals surface area (Å²) < 4.78 is 5.23. The van der Waals surface area contributed by atoms with Crippen molar-refractivity contribution in [2.24, 2.45) is 0 Å². The third kappa shape index (κ3) is 3.63. The fourth-order valence-corrected chi connectivity index (χ4v) is 3.85. The minimum absolute atomic E-state index is 0. The van der Waals surface area contributed by atoms with E-state index in [1.165, 1.54) is 5.56 Å². The summed E-state index contributed by atoms with van der Waals surface area (Å²) in [5.41, 5.74) is 4.97. The lowest BCUT2D eigenvalue weighted by atomic mass is 9.95. The van der Waals surface area contributed by atoms with Crippen molar-refractivity contribution in [3.05, 3.63) is 77.4 Å². The number of nitrogens with zero attached hydrogens (tertiary/aromatic N) is 1. The maximum atomic E-state index is 13.1. The van der Waals surface area contributed by atoms with Crippen molar-refractivity contribution in [2.45, 2.75) is 38.5 Å². The van der Waals surface area contributed by atoms with Crippen LogP contribution in [0.15, 0.2) is 60.7 Å². The van der Waals surface area contributed by atoms with Crippen molar-refractivity contribution in [1.29, 1.82) is 0 Å². The van der Waals surface area contributed by atoms with Crippen LogP contribution >= 0.6 is 0 Å². The lowest BCUT2D eigenvalue weighted by Gasteiger charge is -2.17. The molecule has 4 heteroatoms. The largest absolute Gasteiger partial charge is 0.497 e. The van der Waals surface area contributed by atoms with Crippen molar-refractivity contribution in [3.63, 3.8) is 0 Å². The SMILES string of the molecule is CCc1ccccc1-c1nc(NC(=O)C2(c3ccc(OC)cc3)CC2)ccc1C.[HH].[HH]. The standard InChI is InChI=1S/C25H26N2O2.2H2/c1-4-18-7-5-6-8-21(18)23-17(2)9-14-22(26-23)27-24(28)25(15-16-25)19-10-12-20(29-3)13-11-19;;/h5-14H,4,15-16H2,1-3H3,(H,26,27,28);2*1H. The monoisotopic (exact) mass is 390 g/mol. The maximum Gasteiger partial charge on any atom is 0.236 e. The predicted molar refractivity (Wildman–Crippen MR) is 121 cm³/mol. The Morgan fingerprint density at radius 2 is 1.83 bits per heavy atom. The Morgan fingerprint density at radius 3 is 2.48 bits per heavy atom. The number of methoxy groups -OCH3 is 1. The van der Waals surface area contributed by atoms with Gasteiger partial charge in [0.05, 0.1) is 18.2 Å². The maximum absolute atomic E-state index is 13.1. The van der Waals surface area contributed by atoms with Gasteiger partial charge in [0.1, 0.15) is 11.6 Å². The molecule has 1 aliphatic carbocycles. The summed E-state index contributed by atoms with van der Waals surface area (Å²) in [5.74, 6) is 1.40. The van der Waals surface area contributed by atoms with Gasteiger partial charge in [-0.1, -0.05) is 49.4 Å². The molecule has 0 atom stereocenters. The molecule has 1 heterocycles. The van der Waals surface area contributed by atoms with Gasteiger partial charge in [-0.25, -0.2) is 4.98 Å². The number of hydrogen-bond acceptors (Lipinski definition) is 3. The van der Waals surface area contributed by atoms with Crippen LogP contribution in [0.4, 0.5) is 5.82 Å². The van der Waals surface area contributed by atoms with E-state index in [1.54, 1.807) is 7.11 Å². The number of anilines is 1. The fraction of sp³-hybridized carbons (Fsp3) is 0.280. The molecule has 4 rings (SSSR count). The van der Waals surface area contributed by atoms with Gasteiger partial charge in [0, 0.05) is 8.42 Å². The second-order valence-corrected chi connectivity index (χ2v) is 7.64. The summed E-state index contributed by atoms with van der Waals surface area (Å²) in [7, 11) is 1.64. The Labute approximate surface area is 174 Å². The Balaban J connectivity index is 0.00000171. The van der Waals surface area contributed by atoms with E-state index in [-0.39, 0.29) is 8.76 Å². The molecule has 0 unspecified atom stereocenters. The van der Waals surface area contributed by atoms with Crippen LogP contribution in [0, 0.1) is 6.92 Å². The quantitative estimate of drug-likeness (QED) is 0.579. The van der Waals surface area contributed by atoms with Crippen molar-refractivity contribution in [3.8, 4) is 17.0 Å². The summed E-state index contributed by atoms with van der Waals surface area (Å²) in [4.78, 5) is 17.9. The van der Waals surface area contributed by atoms with Crippen LogP contribution < -0.4 is 10.1 Å². The number of benzene rings is 2. The molecule has 0 radical (unpaired) electrons. The van der Waals surface area contributed by atoms with E-state index in [4.69, 9.17) is 9.72 Å². The lowest BCUT2D eigenvalue weighted by Crippen LogP contribution is -2.28. The van der Waals surface area contributed by atoms with E-state index in [0.29, 0.717) is 5.82 Å². The molecule has 0 spiro atoms. The molecular formula is C25H30N2O2. The minimum Gasteiger partial charge on any atom is -0.497 e. The van der Waals surface area contributed by atoms with Gasteiger partial charge in [-0.15, -0.1) is 0 Å². The zero-order valence-electron chi connectivity index (χ0n) is 17.2. The van der Waals surface area contributed by atoms with E-state index in [9.17, 15) is 4.79 Å². The Hall–Kier alpha value is -3.14. The third-order valence-corrected chi connectivity index (χ3v) is 5.82. The topological polar surface area (TPSA) is 51.2 Å². The first kappa shape index (κ1) is 19.2. The zero-order valence-corrected chi connectivity index (χ0v) is 17.2. The van der Waals surface area contributed by atoms with E-state index < -0.39 is 5.41 Å². The zero-order chi connectivity index (χ0) is 20.4. The second-order valence-electron chi connectivity index (χ2n) is 7.64. The molecule has 1 aliphatic rings. The smallest absolute Gasteiger partial charge is 0.236 e. The second kappa shape index (κ2) is 7.70. The van der Waals surface area contributed by atoms with Crippen molar-refractivity contribution >= 4 is 11.7 Å². The number of aryl methyl sites for hydroxylation is 2. The number of carbonyl (C=O) groups excluding carboxylic acids is 1. The highest BCUT2D eigenvalue weighted by molar-refractivity contribution is 6.01. The van der Waals surface area contributed by atoms with Crippen LogP contribution in [0.1, 0.15) is 39.3 Å². The van der Waals surface area contributed by atoms with Gasteiger partial charge < -0.3 is 10.1 Å². The van der Waals surface area contributed by atoms with E-state index >= 15 is 0 Å². The van der Waals surface area contributed by atoms with E-state index in [2.05, 4.69) is 37.4 Å². The molecule has 1 saturated carbocycles. The molecule has 1 N–H and O–H groups in total. The van der Waals surface area contributed by atoms with Crippen LogP contribution in [0.3, 0.4) is 0 Å². The van der Waals surface area contributed by atoms with Gasteiger partial charge in [-0.2, -0.15) is 0 Å². The fourth-order valence-electron chi connectivity index (χ4n) is 3.85. The van der Waals surface area contributed by atoms with Crippen LogP contribution in [0.2, 0.25) is 0 Å². The normalized spacial score (nSPS) is 14.3. The van der Waals surface area contributed by atoms with Crippen LogP contribution in [-0.4, -0.2) is 18.0 Å². The molecule has 1 aromatic heterocycles. The number of hydrogen-bond donors (Lipinski definition) is 1. The van der Waals surface area contributed by atoms with Gasteiger partial charge in [0.2, 0.25) is 5.91 Å². The number of aromatic nitrogens is 1.